The van der Waals surface area contributed by atoms with Crippen LogP contribution in [0.2, 0.25) is 0 Å². The molecular weight excluding hydrogens is 220 g/mol. The Labute approximate surface area is 99.5 Å². The molecule has 1 fully saturated rings. The lowest BCUT2D eigenvalue weighted by Crippen LogP contribution is -2.32. The quantitative estimate of drug-likeness (QED) is 0.744. The molecule has 0 spiro atoms. The highest BCUT2D eigenvalue weighted by molar-refractivity contribution is 5.76. The van der Waals surface area contributed by atoms with Gasteiger partial charge in [-0.2, -0.15) is 0 Å². The molecule has 6 heteroatoms. The van der Waals surface area contributed by atoms with Gasteiger partial charge < -0.3 is 9.64 Å². The Bertz CT molecular complexity index is 431. The number of amides is 1. The normalized spacial score (nSPS) is 26.8. The molecular formula is C11H16N4O2. The lowest BCUT2D eigenvalue weighted by atomic mass is 10.2. The number of carbonyl (C=O) groups excluding carboxylic acids is 1. The summed E-state index contributed by atoms with van der Waals surface area (Å²) >= 11 is 0. The fourth-order valence-corrected chi connectivity index (χ4v) is 2.57. The first-order chi connectivity index (χ1) is 8.29. The number of ether oxygens (including phenoxy) is 1. The Kier molecular flexibility index (Phi) is 2.58. The van der Waals surface area contributed by atoms with Gasteiger partial charge in [-0.1, -0.05) is 12.1 Å². The standard InChI is InChI=1S/C11H16N4O2/c1-2-3-11(16)14-5-9-10(6-14)17-7-8-4-12-13-15(8)9/h4,9-10H,2-3,5-7H2,1H3/t9-,10?/m1/s1. The largest absolute Gasteiger partial charge is 0.368 e. The predicted molar refractivity (Wildman–Crippen MR) is 59.1 cm³/mol. The Hall–Kier alpha value is -1.43. The summed E-state index contributed by atoms with van der Waals surface area (Å²) in [4.78, 5) is 13.7. The molecule has 1 aromatic rings. The lowest BCUT2D eigenvalue weighted by molar-refractivity contribution is -0.130. The Morgan fingerprint density at radius 2 is 2.47 bits per heavy atom. The second kappa shape index (κ2) is 4.10. The van der Waals surface area contributed by atoms with Crippen LogP contribution in [0.15, 0.2) is 6.20 Å². The first-order valence-corrected chi connectivity index (χ1v) is 6.08. The molecule has 6 nitrogen and oxygen atoms in total. The SMILES string of the molecule is CCCC(=O)N1CC2OCc3cnnn3[C@@H]2C1. The van der Waals surface area contributed by atoms with Crippen LogP contribution < -0.4 is 0 Å². The first-order valence-electron chi connectivity index (χ1n) is 6.08. The fourth-order valence-electron chi connectivity index (χ4n) is 2.57. The van der Waals surface area contributed by atoms with Crippen molar-refractivity contribution in [2.24, 2.45) is 0 Å². The molecule has 0 radical (unpaired) electrons. The van der Waals surface area contributed by atoms with Crippen LogP contribution in [0.5, 0.6) is 0 Å². The van der Waals surface area contributed by atoms with Gasteiger partial charge in [0.15, 0.2) is 0 Å². The fraction of sp³-hybridized carbons (Fsp3) is 0.727. The number of fused-ring (bicyclic) bond motifs is 3. The van der Waals surface area contributed by atoms with Gasteiger partial charge in [0.2, 0.25) is 5.91 Å². The molecule has 1 amide bonds. The van der Waals surface area contributed by atoms with Gasteiger partial charge in [-0.05, 0) is 6.42 Å². The van der Waals surface area contributed by atoms with Gasteiger partial charge in [0.1, 0.15) is 0 Å². The van der Waals surface area contributed by atoms with Crippen molar-refractivity contribution < 1.29 is 9.53 Å². The second-order valence-electron chi connectivity index (χ2n) is 4.64. The van der Waals surface area contributed by atoms with E-state index in [9.17, 15) is 4.79 Å². The number of hydrogen-bond donors (Lipinski definition) is 0. The maximum atomic E-state index is 11.9. The number of nitrogens with zero attached hydrogens (tertiary/aromatic N) is 4. The molecule has 3 rings (SSSR count). The molecule has 0 aromatic carbocycles. The zero-order valence-corrected chi connectivity index (χ0v) is 9.87. The van der Waals surface area contributed by atoms with Crippen molar-refractivity contribution in [2.75, 3.05) is 13.1 Å². The van der Waals surface area contributed by atoms with Gasteiger partial charge in [-0.25, -0.2) is 4.68 Å². The summed E-state index contributed by atoms with van der Waals surface area (Å²) in [6.45, 7) is 3.94. The molecule has 1 aromatic heterocycles. The van der Waals surface area contributed by atoms with Crippen molar-refractivity contribution in [3.05, 3.63) is 11.9 Å². The minimum Gasteiger partial charge on any atom is -0.368 e. The number of carbonyl (C=O) groups is 1. The summed E-state index contributed by atoms with van der Waals surface area (Å²) in [5.74, 6) is 0.215. The Morgan fingerprint density at radius 3 is 3.29 bits per heavy atom. The number of rotatable bonds is 2. The third-order valence-corrected chi connectivity index (χ3v) is 3.46. The average molecular weight is 236 g/mol. The zero-order chi connectivity index (χ0) is 11.8. The van der Waals surface area contributed by atoms with Crippen LogP contribution in [0.1, 0.15) is 31.5 Å². The van der Waals surface area contributed by atoms with Crippen LogP contribution in [-0.2, 0) is 16.1 Å². The van der Waals surface area contributed by atoms with Gasteiger partial charge in [0, 0.05) is 19.5 Å². The molecule has 17 heavy (non-hydrogen) atoms. The van der Waals surface area contributed by atoms with Crippen molar-refractivity contribution >= 4 is 5.91 Å². The molecule has 0 bridgehead atoms. The van der Waals surface area contributed by atoms with Crippen molar-refractivity contribution in [2.45, 2.75) is 38.5 Å². The number of hydrogen-bond acceptors (Lipinski definition) is 4. The summed E-state index contributed by atoms with van der Waals surface area (Å²) in [7, 11) is 0. The third kappa shape index (κ3) is 1.72. The number of aromatic nitrogens is 3. The van der Waals surface area contributed by atoms with Gasteiger partial charge in [-0.3, -0.25) is 4.79 Å². The maximum absolute atomic E-state index is 11.9. The summed E-state index contributed by atoms with van der Waals surface area (Å²) in [5.41, 5.74) is 0.996. The van der Waals surface area contributed by atoms with Gasteiger partial charge in [-0.15, -0.1) is 5.10 Å². The Balaban J connectivity index is 1.77. The topological polar surface area (TPSA) is 60.3 Å². The van der Waals surface area contributed by atoms with E-state index >= 15 is 0 Å². The van der Waals surface area contributed by atoms with Crippen molar-refractivity contribution in [1.82, 2.24) is 19.9 Å². The monoisotopic (exact) mass is 236 g/mol. The molecule has 2 atom stereocenters. The summed E-state index contributed by atoms with van der Waals surface area (Å²) in [5, 5.41) is 7.99. The first kappa shape index (κ1) is 10.7. The van der Waals surface area contributed by atoms with Crippen LogP contribution >= 0.6 is 0 Å². The van der Waals surface area contributed by atoms with E-state index in [1.54, 1.807) is 6.20 Å². The van der Waals surface area contributed by atoms with E-state index in [0.717, 1.165) is 12.1 Å². The minimum atomic E-state index is 0.0741. The molecule has 92 valence electrons. The zero-order valence-electron chi connectivity index (χ0n) is 9.87. The van der Waals surface area contributed by atoms with Crippen LogP contribution in [0.4, 0.5) is 0 Å². The molecule has 2 aliphatic heterocycles. The highest BCUT2D eigenvalue weighted by atomic mass is 16.5. The molecule has 1 unspecified atom stereocenters. The maximum Gasteiger partial charge on any atom is 0.222 e. The predicted octanol–water partition coefficient (Wildman–Crippen LogP) is 0.360. The Morgan fingerprint density at radius 1 is 1.59 bits per heavy atom. The van der Waals surface area contributed by atoms with Gasteiger partial charge >= 0.3 is 0 Å². The van der Waals surface area contributed by atoms with E-state index in [-0.39, 0.29) is 18.1 Å². The van der Waals surface area contributed by atoms with Crippen molar-refractivity contribution in [3.63, 3.8) is 0 Å². The molecule has 0 saturated carbocycles. The number of likely N-dealkylation sites (tertiary alicyclic amines) is 1. The summed E-state index contributed by atoms with van der Waals surface area (Å²) in [6, 6.07) is 0.141. The van der Waals surface area contributed by atoms with E-state index in [1.165, 1.54) is 0 Å². The van der Waals surface area contributed by atoms with Crippen LogP contribution in [0.3, 0.4) is 0 Å². The lowest BCUT2D eigenvalue weighted by Gasteiger charge is -2.25. The highest BCUT2D eigenvalue weighted by Crippen LogP contribution is 2.30. The molecule has 0 aliphatic carbocycles. The molecule has 1 saturated heterocycles. The van der Waals surface area contributed by atoms with E-state index in [4.69, 9.17) is 4.74 Å². The van der Waals surface area contributed by atoms with Crippen LogP contribution in [0, 0.1) is 0 Å². The minimum absolute atomic E-state index is 0.0741. The van der Waals surface area contributed by atoms with Crippen LogP contribution in [0.25, 0.3) is 0 Å². The molecule has 3 heterocycles. The second-order valence-corrected chi connectivity index (χ2v) is 4.64. The summed E-state index contributed by atoms with van der Waals surface area (Å²) in [6.07, 6.45) is 3.31. The van der Waals surface area contributed by atoms with Gasteiger partial charge in [0.25, 0.3) is 0 Å². The van der Waals surface area contributed by atoms with E-state index in [0.29, 0.717) is 26.1 Å². The van der Waals surface area contributed by atoms with E-state index in [2.05, 4.69) is 10.3 Å². The molecule has 2 aliphatic rings. The van der Waals surface area contributed by atoms with Crippen molar-refractivity contribution in [1.29, 1.82) is 0 Å². The van der Waals surface area contributed by atoms with E-state index in [1.807, 2.05) is 16.5 Å². The highest BCUT2D eigenvalue weighted by Gasteiger charge is 2.40. The smallest absolute Gasteiger partial charge is 0.222 e. The third-order valence-electron chi connectivity index (χ3n) is 3.46. The van der Waals surface area contributed by atoms with Gasteiger partial charge in [0.05, 0.1) is 30.6 Å². The van der Waals surface area contributed by atoms with Crippen LogP contribution in [-0.4, -0.2) is 45.0 Å². The van der Waals surface area contributed by atoms with Crippen molar-refractivity contribution in [3.8, 4) is 0 Å². The van der Waals surface area contributed by atoms with E-state index < -0.39 is 0 Å². The molecule has 0 N–H and O–H groups in total. The average Bonchev–Trinajstić information content (AvgIpc) is 2.94. The summed E-state index contributed by atoms with van der Waals surface area (Å²) < 4.78 is 7.66.